The second-order valence-corrected chi connectivity index (χ2v) is 7.05. The van der Waals surface area contributed by atoms with E-state index in [1.54, 1.807) is 31.2 Å². The van der Waals surface area contributed by atoms with Gasteiger partial charge < -0.3 is 0 Å². The Morgan fingerprint density at radius 1 is 1.03 bits per heavy atom. The molecule has 2 aliphatic heterocycles. The van der Waals surface area contributed by atoms with Crippen molar-refractivity contribution in [2.24, 2.45) is 11.0 Å². The molecule has 0 aliphatic carbocycles. The molecule has 1 saturated heterocycles. The molecule has 1 fully saturated rings. The number of hydrazone groups is 1. The third kappa shape index (κ3) is 3.39. The monoisotopic (exact) mass is 422 g/mol. The first kappa shape index (κ1) is 19.6. The lowest BCUT2D eigenvalue weighted by atomic mass is 9.98. The van der Waals surface area contributed by atoms with Crippen LogP contribution in [-0.2, 0) is 14.4 Å². The van der Waals surface area contributed by atoms with Crippen molar-refractivity contribution in [2.75, 3.05) is 9.91 Å². The van der Waals surface area contributed by atoms with Gasteiger partial charge in [-0.3, -0.25) is 24.6 Å². The standard InChI is InChI=1S/C21H15FN4O3S/c1-12-16(20(29)26(24-12)15-5-3-2-4-6-15)11-17-18(27)23-21(30)25(19(17)28)14-9-7-13(22)8-10-14/h2-11,16H,1H3,(H,23,27,30)/b17-11+. The van der Waals surface area contributed by atoms with Crippen LogP contribution in [0.3, 0.4) is 0 Å². The molecular weight excluding hydrogens is 407 g/mol. The van der Waals surface area contributed by atoms with Crippen molar-refractivity contribution >= 4 is 52.1 Å². The Morgan fingerprint density at radius 2 is 1.70 bits per heavy atom. The first-order valence-corrected chi connectivity index (χ1v) is 9.39. The van der Waals surface area contributed by atoms with Gasteiger partial charge in [-0.1, -0.05) is 18.2 Å². The minimum absolute atomic E-state index is 0.122. The van der Waals surface area contributed by atoms with E-state index in [1.807, 2.05) is 6.07 Å². The fourth-order valence-corrected chi connectivity index (χ4v) is 3.48. The molecule has 0 saturated carbocycles. The number of nitrogens with zero attached hydrogens (tertiary/aromatic N) is 3. The summed E-state index contributed by atoms with van der Waals surface area (Å²) in [5.74, 6) is -3.14. The predicted molar refractivity (Wildman–Crippen MR) is 113 cm³/mol. The summed E-state index contributed by atoms with van der Waals surface area (Å²) in [5, 5.41) is 7.83. The Labute approximate surface area is 176 Å². The van der Waals surface area contributed by atoms with Crippen LogP contribution >= 0.6 is 12.2 Å². The zero-order chi connectivity index (χ0) is 21.4. The van der Waals surface area contributed by atoms with Gasteiger partial charge in [0.2, 0.25) is 0 Å². The fraction of sp³-hybridized carbons (Fsp3) is 0.0952. The molecule has 0 aromatic heterocycles. The highest BCUT2D eigenvalue weighted by Crippen LogP contribution is 2.27. The highest BCUT2D eigenvalue weighted by molar-refractivity contribution is 7.80. The number of hydrogen-bond acceptors (Lipinski definition) is 5. The zero-order valence-corrected chi connectivity index (χ0v) is 16.5. The van der Waals surface area contributed by atoms with Crippen LogP contribution in [0.25, 0.3) is 0 Å². The summed E-state index contributed by atoms with van der Waals surface area (Å²) in [5.41, 5.74) is 1.08. The second kappa shape index (κ2) is 7.60. The van der Waals surface area contributed by atoms with E-state index in [-0.39, 0.29) is 16.6 Å². The number of carbonyl (C=O) groups excluding carboxylic acids is 3. The van der Waals surface area contributed by atoms with Crippen LogP contribution in [0.5, 0.6) is 0 Å². The van der Waals surface area contributed by atoms with E-state index < -0.39 is 23.5 Å². The first-order valence-electron chi connectivity index (χ1n) is 8.98. The van der Waals surface area contributed by atoms with Gasteiger partial charge in [0, 0.05) is 0 Å². The Kier molecular flexibility index (Phi) is 4.96. The number of rotatable bonds is 3. The van der Waals surface area contributed by atoms with E-state index in [0.29, 0.717) is 17.1 Å². The Balaban J connectivity index is 1.67. The summed E-state index contributed by atoms with van der Waals surface area (Å²) in [6, 6.07) is 13.9. The number of halogens is 1. The molecule has 1 unspecified atom stereocenters. The summed E-state index contributed by atoms with van der Waals surface area (Å²) >= 11 is 5.11. The molecule has 30 heavy (non-hydrogen) atoms. The van der Waals surface area contributed by atoms with Crippen LogP contribution in [-0.4, -0.2) is 28.5 Å². The molecule has 9 heteroatoms. The molecule has 7 nitrogen and oxygen atoms in total. The van der Waals surface area contributed by atoms with Crippen LogP contribution in [0.1, 0.15) is 6.92 Å². The minimum Gasteiger partial charge on any atom is -0.298 e. The molecule has 2 aromatic rings. The number of thiocarbonyl (C=S) groups is 1. The van der Waals surface area contributed by atoms with Crippen LogP contribution < -0.4 is 15.2 Å². The molecule has 1 atom stereocenters. The van der Waals surface area contributed by atoms with Gasteiger partial charge >= 0.3 is 0 Å². The van der Waals surface area contributed by atoms with Gasteiger partial charge in [-0.15, -0.1) is 0 Å². The molecule has 3 amide bonds. The normalized spacial score (nSPS) is 20.7. The fourth-order valence-electron chi connectivity index (χ4n) is 3.19. The van der Waals surface area contributed by atoms with Gasteiger partial charge in [0.1, 0.15) is 11.4 Å². The smallest absolute Gasteiger partial charge is 0.269 e. The summed E-state index contributed by atoms with van der Waals surface area (Å²) < 4.78 is 13.2. The van der Waals surface area contributed by atoms with Crippen molar-refractivity contribution in [3.8, 4) is 0 Å². The van der Waals surface area contributed by atoms with E-state index >= 15 is 0 Å². The van der Waals surface area contributed by atoms with Crippen LogP contribution in [0, 0.1) is 11.7 Å². The SMILES string of the molecule is CC1=NN(c2ccccc2)C(=O)C1/C=C1\C(=O)NC(=S)N(c2ccc(F)cc2)C1=O. The molecule has 2 aromatic carbocycles. The highest BCUT2D eigenvalue weighted by atomic mass is 32.1. The average Bonchev–Trinajstić information content (AvgIpc) is 3.01. The Bertz CT molecular complexity index is 1130. The van der Waals surface area contributed by atoms with E-state index in [0.717, 1.165) is 4.90 Å². The molecule has 1 N–H and O–H groups in total. The number of nitrogens with one attached hydrogen (secondary N) is 1. The number of para-hydroxylation sites is 1. The van der Waals surface area contributed by atoms with E-state index in [4.69, 9.17) is 12.2 Å². The molecule has 2 aliphatic rings. The number of hydrogen-bond donors (Lipinski definition) is 1. The van der Waals surface area contributed by atoms with Crippen molar-refractivity contribution < 1.29 is 18.8 Å². The second-order valence-electron chi connectivity index (χ2n) is 6.66. The third-order valence-electron chi connectivity index (χ3n) is 4.70. The number of benzene rings is 2. The maximum Gasteiger partial charge on any atom is 0.269 e. The van der Waals surface area contributed by atoms with E-state index in [2.05, 4.69) is 10.4 Å². The lowest BCUT2D eigenvalue weighted by molar-refractivity contribution is -0.122. The van der Waals surface area contributed by atoms with Gasteiger partial charge in [0.25, 0.3) is 17.7 Å². The highest BCUT2D eigenvalue weighted by Gasteiger charge is 2.39. The number of carbonyl (C=O) groups is 3. The summed E-state index contributed by atoms with van der Waals surface area (Å²) in [4.78, 5) is 39.5. The maximum absolute atomic E-state index is 13.2. The van der Waals surface area contributed by atoms with Crippen LogP contribution in [0.4, 0.5) is 15.8 Å². The molecule has 0 bridgehead atoms. The largest absolute Gasteiger partial charge is 0.298 e. The number of amides is 3. The topological polar surface area (TPSA) is 82.1 Å². The molecule has 0 spiro atoms. The minimum atomic E-state index is -0.878. The van der Waals surface area contributed by atoms with Crippen molar-refractivity contribution in [1.82, 2.24) is 5.32 Å². The molecule has 2 heterocycles. The first-order chi connectivity index (χ1) is 14.4. The van der Waals surface area contributed by atoms with Crippen LogP contribution in [0.2, 0.25) is 0 Å². The Morgan fingerprint density at radius 3 is 2.37 bits per heavy atom. The Hall–Kier alpha value is -3.72. The predicted octanol–water partition coefficient (Wildman–Crippen LogP) is 2.54. The van der Waals surface area contributed by atoms with Crippen molar-refractivity contribution in [3.05, 3.63) is 72.1 Å². The summed E-state index contributed by atoms with van der Waals surface area (Å²) in [6.45, 7) is 1.65. The van der Waals surface area contributed by atoms with Crippen molar-refractivity contribution in [1.29, 1.82) is 0 Å². The van der Waals surface area contributed by atoms with Gasteiger partial charge in [-0.05, 0) is 61.6 Å². The van der Waals surface area contributed by atoms with Crippen molar-refractivity contribution in [2.45, 2.75) is 6.92 Å². The molecular formula is C21H15FN4O3S. The third-order valence-corrected chi connectivity index (χ3v) is 4.99. The summed E-state index contributed by atoms with van der Waals surface area (Å²) in [7, 11) is 0. The van der Waals surface area contributed by atoms with Gasteiger partial charge in [0.05, 0.1) is 23.0 Å². The number of anilines is 2. The quantitative estimate of drug-likeness (QED) is 0.468. The molecule has 0 radical (unpaired) electrons. The van der Waals surface area contributed by atoms with Crippen LogP contribution in [0.15, 0.2) is 71.3 Å². The molecule has 150 valence electrons. The van der Waals surface area contributed by atoms with Gasteiger partial charge in [0.15, 0.2) is 5.11 Å². The average molecular weight is 422 g/mol. The van der Waals surface area contributed by atoms with E-state index in [1.165, 1.54) is 35.4 Å². The summed E-state index contributed by atoms with van der Waals surface area (Å²) in [6.07, 6.45) is 1.29. The maximum atomic E-state index is 13.2. The van der Waals surface area contributed by atoms with E-state index in [9.17, 15) is 18.8 Å². The van der Waals surface area contributed by atoms with Gasteiger partial charge in [-0.2, -0.15) is 10.1 Å². The van der Waals surface area contributed by atoms with Crippen molar-refractivity contribution in [3.63, 3.8) is 0 Å². The zero-order valence-electron chi connectivity index (χ0n) is 15.7. The lowest BCUT2D eigenvalue weighted by Crippen LogP contribution is -2.54. The lowest BCUT2D eigenvalue weighted by Gasteiger charge is -2.29. The van der Waals surface area contributed by atoms with Gasteiger partial charge in [-0.25, -0.2) is 4.39 Å². The molecule has 4 rings (SSSR count).